The van der Waals surface area contributed by atoms with Gasteiger partial charge in [0.05, 0.1) is 16.5 Å². The van der Waals surface area contributed by atoms with E-state index in [1.807, 2.05) is 65.1 Å². The number of anilines is 1. The Morgan fingerprint density at radius 2 is 1.53 bits per heavy atom. The van der Waals surface area contributed by atoms with Crippen LogP contribution in [0.3, 0.4) is 0 Å². The zero-order chi connectivity index (χ0) is 22.0. The molecule has 158 valence electrons. The fraction of sp³-hybridized carbons (Fsp3) is 0.417. The van der Waals surface area contributed by atoms with Gasteiger partial charge in [-0.3, -0.25) is 9.59 Å². The van der Waals surface area contributed by atoms with Crippen LogP contribution in [0.15, 0.2) is 36.4 Å². The van der Waals surface area contributed by atoms with Crippen molar-refractivity contribution in [3.8, 4) is 0 Å². The van der Waals surface area contributed by atoms with Crippen molar-refractivity contribution in [3.05, 3.63) is 63.1 Å². The monoisotopic (exact) mass is 444 g/mol. The van der Waals surface area contributed by atoms with E-state index in [2.05, 4.69) is 4.90 Å². The van der Waals surface area contributed by atoms with E-state index in [0.717, 1.165) is 29.8 Å². The zero-order valence-electron chi connectivity index (χ0n) is 17.9. The number of hydrogen-bond donors (Lipinski definition) is 0. The minimum absolute atomic E-state index is 0.0569. The quantitative estimate of drug-likeness (QED) is 0.574. The van der Waals surface area contributed by atoms with Crippen molar-refractivity contribution in [1.82, 2.24) is 4.90 Å². The molecule has 0 N–H and O–H groups in total. The highest BCUT2D eigenvalue weighted by molar-refractivity contribution is 6.35. The molecule has 2 aliphatic rings. The van der Waals surface area contributed by atoms with Gasteiger partial charge in [0.2, 0.25) is 11.8 Å². The van der Waals surface area contributed by atoms with Crippen LogP contribution in [0.4, 0.5) is 5.69 Å². The minimum Gasteiger partial charge on any atom is -0.301 e. The molecule has 2 aliphatic heterocycles. The summed E-state index contributed by atoms with van der Waals surface area (Å²) in [6.45, 7) is 8.85. The van der Waals surface area contributed by atoms with Crippen LogP contribution in [0.1, 0.15) is 50.3 Å². The normalized spacial score (nSPS) is 23.0. The Morgan fingerprint density at radius 1 is 0.933 bits per heavy atom. The van der Waals surface area contributed by atoms with E-state index in [1.165, 1.54) is 4.90 Å². The topological polar surface area (TPSA) is 40.6 Å². The third-order valence-corrected chi connectivity index (χ3v) is 7.64. The van der Waals surface area contributed by atoms with Crippen LogP contribution in [0.25, 0.3) is 0 Å². The summed E-state index contributed by atoms with van der Waals surface area (Å²) in [6, 6.07) is 11.4. The van der Waals surface area contributed by atoms with Gasteiger partial charge in [-0.05, 0) is 69.6 Å². The smallest absolute Gasteiger partial charge is 0.240 e. The zero-order valence-corrected chi connectivity index (χ0v) is 19.4. The van der Waals surface area contributed by atoms with Crippen LogP contribution in [0.2, 0.25) is 10.0 Å². The first kappa shape index (κ1) is 21.4. The van der Waals surface area contributed by atoms with Crippen LogP contribution in [0.5, 0.6) is 0 Å². The Kier molecular flexibility index (Phi) is 5.04. The molecule has 4 nitrogen and oxygen atoms in total. The van der Waals surface area contributed by atoms with Gasteiger partial charge in [0, 0.05) is 29.1 Å². The van der Waals surface area contributed by atoms with Gasteiger partial charge in [-0.2, -0.15) is 0 Å². The number of carbonyl (C=O) groups is 2. The molecule has 1 saturated heterocycles. The average Bonchev–Trinajstić information content (AvgIpc) is 2.79. The van der Waals surface area contributed by atoms with E-state index in [1.54, 1.807) is 6.07 Å². The SMILES string of the molecule is CN1Cc2c(Cl)cc(Cl)cc2[C@H](c2ccccc2N2C(=O)C(C)(C)C(C)(C)C2=O)C1. The van der Waals surface area contributed by atoms with Gasteiger partial charge in [-0.1, -0.05) is 41.4 Å². The summed E-state index contributed by atoms with van der Waals surface area (Å²) in [5, 5.41) is 1.23. The summed E-state index contributed by atoms with van der Waals surface area (Å²) >= 11 is 12.9. The summed E-state index contributed by atoms with van der Waals surface area (Å²) in [5.41, 5.74) is 2.09. The number of halogens is 2. The van der Waals surface area contributed by atoms with Gasteiger partial charge in [-0.15, -0.1) is 0 Å². The summed E-state index contributed by atoms with van der Waals surface area (Å²) in [5.74, 6) is -0.393. The van der Waals surface area contributed by atoms with E-state index in [0.29, 0.717) is 15.7 Å². The minimum atomic E-state index is -0.787. The average molecular weight is 445 g/mol. The molecule has 0 saturated carbocycles. The molecule has 0 unspecified atom stereocenters. The molecule has 2 amide bonds. The molecular weight excluding hydrogens is 419 g/mol. The van der Waals surface area contributed by atoms with Crippen LogP contribution in [-0.2, 0) is 16.1 Å². The predicted octanol–water partition coefficient (Wildman–Crippen LogP) is 5.50. The summed E-state index contributed by atoms with van der Waals surface area (Å²) in [6.07, 6.45) is 0. The molecule has 1 atom stereocenters. The highest BCUT2D eigenvalue weighted by Crippen LogP contribution is 2.50. The Balaban J connectivity index is 1.90. The van der Waals surface area contributed by atoms with Crippen molar-refractivity contribution in [2.45, 2.75) is 40.2 Å². The second-order valence-corrected chi connectivity index (χ2v) is 10.3. The maximum Gasteiger partial charge on any atom is 0.240 e. The second kappa shape index (κ2) is 7.08. The molecule has 2 aromatic carbocycles. The van der Waals surface area contributed by atoms with Crippen molar-refractivity contribution < 1.29 is 9.59 Å². The fourth-order valence-electron chi connectivity index (χ4n) is 4.50. The van der Waals surface area contributed by atoms with Gasteiger partial charge in [0.1, 0.15) is 0 Å². The molecule has 1 fully saturated rings. The second-order valence-electron chi connectivity index (χ2n) is 9.46. The first-order valence-electron chi connectivity index (χ1n) is 10.1. The van der Waals surface area contributed by atoms with Crippen molar-refractivity contribution in [2.24, 2.45) is 10.8 Å². The van der Waals surface area contributed by atoms with Crippen molar-refractivity contribution >= 4 is 40.7 Å². The first-order chi connectivity index (χ1) is 14.0. The number of hydrogen-bond acceptors (Lipinski definition) is 3. The highest BCUT2D eigenvalue weighted by Gasteiger charge is 2.60. The lowest BCUT2D eigenvalue weighted by atomic mass is 9.70. The fourth-order valence-corrected chi connectivity index (χ4v) is 5.07. The first-order valence-corrected chi connectivity index (χ1v) is 10.9. The van der Waals surface area contributed by atoms with E-state index in [-0.39, 0.29) is 17.7 Å². The largest absolute Gasteiger partial charge is 0.301 e. The lowest BCUT2D eigenvalue weighted by molar-refractivity contribution is -0.129. The Bertz CT molecular complexity index is 1040. The lowest BCUT2D eigenvalue weighted by Crippen LogP contribution is -2.36. The number of para-hydroxylation sites is 1. The number of nitrogens with zero attached hydrogens (tertiary/aromatic N) is 2. The molecule has 6 heteroatoms. The van der Waals surface area contributed by atoms with Crippen LogP contribution >= 0.6 is 23.2 Å². The third-order valence-electron chi connectivity index (χ3n) is 7.08. The molecule has 0 spiro atoms. The lowest BCUT2D eigenvalue weighted by Gasteiger charge is -2.35. The molecule has 0 aliphatic carbocycles. The predicted molar refractivity (Wildman–Crippen MR) is 121 cm³/mol. The molecule has 0 radical (unpaired) electrons. The van der Waals surface area contributed by atoms with Gasteiger partial charge in [0.25, 0.3) is 0 Å². The molecule has 2 heterocycles. The summed E-state index contributed by atoms with van der Waals surface area (Å²) in [7, 11) is 2.04. The summed E-state index contributed by atoms with van der Waals surface area (Å²) in [4.78, 5) is 30.3. The van der Waals surface area contributed by atoms with Crippen LogP contribution in [0, 0.1) is 10.8 Å². The van der Waals surface area contributed by atoms with E-state index < -0.39 is 10.8 Å². The molecule has 0 bridgehead atoms. The van der Waals surface area contributed by atoms with Crippen molar-refractivity contribution in [1.29, 1.82) is 0 Å². The van der Waals surface area contributed by atoms with Crippen LogP contribution < -0.4 is 4.90 Å². The van der Waals surface area contributed by atoms with Gasteiger partial charge < -0.3 is 4.90 Å². The number of fused-ring (bicyclic) bond motifs is 1. The molecule has 2 aromatic rings. The Hall–Kier alpha value is -1.88. The Labute approximate surface area is 187 Å². The standard InChI is InChI=1S/C24H26Cl2N2O2/c1-23(2)21(29)28(22(30)24(23,3)4)20-9-7-6-8-15(20)17-12-27(5)13-18-16(17)10-14(25)11-19(18)26/h6-11,17H,12-13H2,1-5H3/t17-/m0/s1. The van der Waals surface area contributed by atoms with Crippen molar-refractivity contribution in [3.63, 3.8) is 0 Å². The maximum absolute atomic E-state index is 13.4. The summed E-state index contributed by atoms with van der Waals surface area (Å²) < 4.78 is 0. The maximum atomic E-state index is 13.4. The molecule has 30 heavy (non-hydrogen) atoms. The van der Waals surface area contributed by atoms with Gasteiger partial charge in [0.15, 0.2) is 0 Å². The Morgan fingerprint density at radius 3 is 2.17 bits per heavy atom. The number of likely N-dealkylation sites (N-methyl/N-ethyl adjacent to an activating group) is 1. The number of carbonyl (C=O) groups excluding carboxylic acids is 2. The van der Waals surface area contributed by atoms with Gasteiger partial charge >= 0.3 is 0 Å². The number of rotatable bonds is 2. The number of amides is 2. The van der Waals surface area contributed by atoms with E-state index in [4.69, 9.17) is 23.2 Å². The van der Waals surface area contributed by atoms with Crippen LogP contribution in [-0.4, -0.2) is 30.3 Å². The van der Waals surface area contributed by atoms with Crippen molar-refractivity contribution in [2.75, 3.05) is 18.5 Å². The van der Waals surface area contributed by atoms with E-state index >= 15 is 0 Å². The third kappa shape index (κ3) is 3.00. The number of imide groups is 1. The highest BCUT2D eigenvalue weighted by atomic mass is 35.5. The molecular formula is C24H26Cl2N2O2. The molecule has 4 rings (SSSR count). The molecule has 0 aromatic heterocycles. The van der Waals surface area contributed by atoms with E-state index in [9.17, 15) is 9.59 Å². The van der Waals surface area contributed by atoms with Gasteiger partial charge in [-0.25, -0.2) is 4.90 Å². The number of benzene rings is 2.